The standard InChI is InChI=1S/C25H33NO2/c1-6-7-13-25(4,28-5)14-12-23-21-10-8-9-11-22(21)24(27)26(23)20-16-18(2)15-19(3)17-20/h8-11,15-17,23H,6-7,12-14H2,1-5H3. The second-order valence-electron chi connectivity index (χ2n) is 8.42. The van der Waals surface area contributed by atoms with Gasteiger partial charge in [0.15, 0.2) is 0 Å². The van der Waals surface area contributed by atoms with Gasteiger partial charge in [0.05, 0.1) is 11.6 Å². The quantitative estimate of drug-likeness (QED) is 0.532. The van der Waals surface area contributed by atoms with E-state index in [2.05, 4.69) is 52.0 Å². The number of ether oxygens (including phenoxy) is 1. The van der Waals surface area contributed by atoms with Crippen LogP contribution in [-0.2, 0) is 4.74 Å². The van der Waals surface area contributed by atoms with Gasteiger partial charge >= 0.3 is 0 Å². The summed E-state index contributed by atoms with van der Waals surface area (Å²) in [6.45, 7) is 8.59. The minimum Gasteiger partial charge on any atom is -0.379 e. The second-order valence-corrected chi connectivity index (χ2v) is 8.42. The number of carbonyl (C=O) groups is 1. The van der Waals surface area contributed by atoms with Crippen LogP contribution in [0.25, 0.3) is 0 Å². The third-order valence-corrected chi connectivity index (χ3v) is 6.06. The highest BCUT2D eigenvalue weighted by Crippen LogP contribution is 2.42. The summed E-state index contributed by atoms with van der Waals surface area (Å²) in [5, 5.41) is 0. The first kappa shape index (κ1) is 20.6. The fourth-order valence-electron chi connectivity index (χ4n) is 4.39. The molecule has 0 saturated heterocycles. The number of rotatable bonds is 8. The molecule has 3 rings (SSSR count). The minimum atomic E-state index is -0.148. The summed E-state index contributed by atoms with van der Waals surface area (Å²) in [7, 11) is 1.81. The lowest BCUT2D eigenvalue weighted by Crippen LogP contribution is -2.32. The third-order valence-electron chi connectivity index (χ3n) is 6.06. The molecule has 0 fully saturated rings. The van der Waals surface area contributed by atoms with Gasteiger partial charge in [-0.25, -0.2) is 0 Å². The Hall–Kier alpha value is -2.13. The van der Waals surface area contributed by atoms with Crippen molar-refractivity contribution in [3.8, 4) is 0 Å². The van der Waals surface area contributed by atoms with Gasteiger partial charge in [-0.3, -0.25) is 4.79 Å². The number of anilines is 1. The fraction of sp³-hybridized carbons (Fsp3) is 0.480. The lowest BCUT2D eigenvalue weighted by Gasteiger charge is -2.32. The van der Waals surface area contributed by atoms with Crippen molar-refractivity contribution in [3.05, 3.63) is 64.7 Å². The molecule has 0 aliphatic carbocycles. The molecule has 1 amide bonds. The number of hydrogen-bond donors (Lipinski definition) is 0. The molecule has 1 aliphatic rings. The number of benzene rings is 2. The van der Waals surface area contributed by atoms with Crippen LogP contribution < -0.4 is 4.90 Å². The number of aryl methyl sites for hydroxylation is 2. The first-order valence-electron chi connectivity index (χ1n) is 10.4. The molecule has 0 spiro atoms. The van der Waals surface area contributed by atoms with Gasteiger partial charge in [0.2, 0.25) is 0 Å². The maximum atomic E-state index is 13.3. The predicted octanol–water partition coefficient (Wildman–Crippen LogP) is 6.38. The van der Waals surface area contributed by atoms with Gasteiger partial charge in [-0.2, -0.15) is 0 Å². The zero-order valence-corrected chi connectivity index (χ0v) is 17.9. The normalized spacial score (nSPS) is 18.2. The first-order chi connectivity index (χ1) is 13.4. The van der Waals surface area contributed by atoms with Gasteiger partial charge in [-0.05, 0) is 74.9 Å². The highest BCUT2D eigenvalue weighted by molar-refractivity contribution is 6.11. The predicted molar refractivity (Wildman–Crippen MR) is 116 cm³/mol. The molecular formula is C25H33NO2. The Kier molecular flexibility index (Phi) is 6.24. The Morgan fingerprint density at radius 1 is 1.07 bits per heavy atom. The van der Waals surface area contributed by atoms with Gasteiger partial charge < -0.3 is 9.64 Å². The molecule has 2 aromatic rings. The van der Waals surface area contributed by atoms with Crippen LogP contribution in [0.4, 0.5) is 5.69 Å². The average Bonchev–Trinajstić information content (AvgIpc) is 2.96. The molecule has 2 atom stereocenters. The molecule has 0 N–H and O–H groups in total. The molecule has 0 radical (unpaired) electrons. The molecule has 28 heavy (non-hydrogen) atoms. The van der Waals surface area contributed by atoms with Crippen LogP contribution in [0.3, 0.4) is 0 Å². The Morgan fingerprint density at radius 3 is 2.39 bits per heavy atom. The van der Waals surface area contributed by atoms with Crippen LogP contribution in [0, 0.1) is 13.8 Å². The number of nitrogens with zero attached hydrogens (tertiary/aromatic N) is 1. The number of hydrogen-bond acceptors (Lipinski definition) is 2. The molecule has 0 bridgehead atoms. The third kappa shape index (κ3) is 4.15. The molecule has 3 nitrogen and oxygen atoms in total. The summed E-state index contributed by atoms with van der Waals surface area (Å²) in [6.07, 6.45) is 5.19. The zero-order chi connectivity index (χ0) is 20.3. The number of methoxy groups -OCH3 is 1. The maximum Gasteiger partial charge on any atom is 0.259 e. The zero-order valence-electron chi connectivity index (χ0n) is 17.9. The summed E-state index contributed by atoms with van der Waals surface area (Å²) in [4.78, 5) is 15.3. The van der Waals surface area contributed by atoms with Gasteiger partial charge in [0, 0.05) is 18.4 Å². The van der Waals surface area contributed by atoms with Gasteiger partial charge in [-0.1, -0.05) is 44.0 Å². The summed E-state index contributed by atoms with van der Waals surface area (Å²) >= 11 is 0. The van der Waals surface area contributed by atoms with E-state index in [9.17, 15) is 4.79 Å². The highest BCUT2D eigenvalue weighted by atomic mass is 16.5. The largest absolute Gasteiger partial charge is 0.379 e. The molecule has 2 unspecified atom stereocenters. The van der Waals surface area contributed by atoms with E-state index < -0.39 is 0 Å². The monoisotopic (exact) mass is 379 g/mol. The van der Waals surface area contributed by atoms with Crippen LogP contribution in [0.15, 0.2) is 42.5 Å². The van der Waals surface area contributed by atoms with Crippen molar-refractivity contribution in [2.45, 2.75) is 71.4 Å². The van der Waals surface area contributed by atoms with Crippen molar-refractivity contribution in [2.24, 2.45) is 0 Å². The van der Waals surface area contributed by atoms with Crippen molar-refractivity contribution >= 4 is 11.6 Å². The molecule has 0 aromatic heterocycles. The topological polar surface area (TPSA) is 29.5 Å². The van der Waals surface area contributed by atoms with E-state index in [-0.39, 0.29) is 17.6 Å². The van der Waals surface area contributed by atoms with E-state index in [1.165, 1.54) is 17.5 Å². The number of carbonyl (C=O) groups excluding carboxylic acids is 1. The number of unbranched alkanes of at least 4 members (excludes halogenated alkanes) is 1. The number of amides is 1. The summed E-state index contributed by atoms with van der Waals surface area (Å²) in [5.74, 6) is 0.110. The fourth-order valence-corrected chi connectivity index (χ4v) is 4.39. The van der Waals surface area contributed by atoms with Crippen LogP contribution in [0.2, 0.25) is 0 Å². The molecular weight excluding hydrogens is 346 g/mol. The SMILES string of the molecule is CCCCC(C)(CCC1c2ccccc2C(=O)N1c1cc(C)cc(C)c1)OC. The van der Waals surface area contributed by atoms with E-state index in [0.29, 0.717) is 0 Å². The summed E-state index contributed by atoms with van der Waals surface area (Å²) < 4.78 is 5.89. The lowest BCUT2D eigenvalue weighted by molar-refractivity contribution is -0.0125. The van der Waals surface area contributed by atoms with E-state index >= 15 is 0 Å². The molecule has 2 aromatic carbocycles. The van der Waals surface area contributed by atoms with Gasteiger partial charge in [0.25, 0.3) is 5.91 Å². The van der Waals surface area contributed by atoms with E-state index in [0.717, 1.165) is 42.5 Å². The van der Waals surface area contributed by atoms with Crippen LogP contribution in [0.5, 0.6) is 0 Å². The Morgan fingerprint density at radius 2 is 1.75 bits per heavy atom. The Balaban J connectivity index is 1.93. The molecule has 1 aliphatic heterocycles. The smallest absolute Gasteiger partial charge is 0.259 e. The van der Waals surface area contributed by atoms with Crippen molar-refractivity contribution in [1.82, 2.24) is 0 Å². The van der Waals surface area contributed by atoms with Crippen LogP contribution in [0.1, 0.15) is 79.0 Å². The molecule has 3 heteroatoms. The van der Waals surface area contributed by atoms with Crippen molar-refractivity contribution in [2.75, 3.05) is 12.0 Å². The Labute approximate surface area is 169 Å². The summed E-state index contributed by atoms with van der Waals surface area (Å²) in [6, 6.07) is 14.5. The van der Waals surface area contributed by atoms with Crippen LogP contribution in [-0.4, -0.2) is 18.6 Å². The maximum absolute atomic E-state index is 13.3. The van der Waals surface area contributed by atoms with Crippen molar-refractivity contribution in [3.63, 3.8) is 0 Å². The molecule has 150 valence electrons. The van der Waals surface area contributed by atoms with E-state index in [1.807, 2.05) is 30.2 Å². The van der Waals surface area contributed by atoms with E-state index in [1.54, 1.807) is 0 Å². The van der Waals surface area contributed by atoms with E-state index in [4.69, 9.17) is 4.74 Å². The van der Waals surface area contributed by atoms with Crippen molar-refractivity contribution < 1.29 is 9.53 Å². The average molecular weight is 380 g/mol. The van der Waals surface area contributed by atoms with Crippen LogP contribution >= 0.6 is 0 Å². The molecule has 1 heterocycles. The minimum absolute atomic E-state index is 0.0565. The highest BCUT2D eigenvalue weighted by Gasteiger charge is 2.38. The summed E-state index contributed by atoms with van der Waals surface area (Å²) in [5.41, 5.74) is 5.19. The lowest BCUT2D eigenvalue weighted by atomic mass is 9.89. The molecule has 0 saturated carbocycles. The number of fused-ring (bicyclic) bond motifs is 1. The Bertz CT molecular complexity index is 824. The second kappa shape index (κ2) is 8.48. The van der Waals surface area contributed by atoms with Gasteiger partial charge in [-0.15, -0.1) is 0 Å². The first-order valence-corrected chi connectivity index (χ1v) is 10.4. The van der Waals surface area contributed by atoms with Gasteiger partial charge in [0.1, 0.15) is 0 Å². The van der Waals surface area contributed by atoms with Crippen molar-refractivity contribution in [1.29, 1.82) is 0 Å².